The molecule has 3 heterocycles. The van der Waals surface area contributed by atoms with Gasteiger partial charge in [-0.1, -0.05) is 0 Å². The summed E-state index contributed by atoms with van der Waals surface area (Å²) in [5.41, 5.74) is 3.33. The standard InChI is InChI=1S/C25H27F2N3O3S/c1-31-19-9-14(10-20(32-2)24(19)33-3)22-16-13-34-21-12-18(27)17(26)11-15(21)23(16)29-25(28-22)30-7-5-4-6-8-30/h9-12,22H,4-8,13H2,1-3H3,(H,28,29). The number of thioether (sulfide) groups is 1. The predicted octanol–water partition coefficient (Wildman–Crippen LogP) is 4.99. The van der Waals surface area contributed by atoms with E-state index in [0.717, 1.165) is 48.7 Å². The Morgan fingerprint density at radius 1 is 0.941 bits per heavy atom. The second-order valence-electron chi connectivity index (χ2n) is 8.44. The molecule has 0 bridgehead atoms. The van der Waals surface area contributed by atoms with Crippen LogP contribution in [0.5, 0.6) is 17.2 Å². The van der Waals surface area contributed by atoms with Crippen molar-refractivity contribution in [3.8, 4) is 17.2 Å². The fourth-order valence-electron chi connectivity index (χ4n) is 4.75. The predicted molar refractivity (Wildman–Crippen MR) is 129 cm³/mol. The van der Waals surface area contributed by atoms with Gasteiger partial charge in [-0.05, 0) is 54.7 Å². The van der Waals surface area contributed by atoms with Crippen molar-refractivity contribution in [3.63, 3.8) is 0 Å². The van der Waals surface area contributed by atoms with E-state index >= 15 is 0 Å². The fourth-order valence-corrected chi connectivity index (χ4v) is 5.87. The van der Waals surface area contributed by atoms with Crippen molar-refractivity contribution in [2.24, 2.45) is 4.99 Å². The molecule has 2 aromatic carbocycles. The number of benzene rings is 2. The molecule has 1 fully saturated rings. The number of nitrogens with zero attached hydrogens (tertiary/aromatic N) is 2. The fraction of sp³-hybridized carbons (Fsp3) is 0.400. The molecular weight excluding hydrogens is 460 g/mol. The summed E-state index contributed by atoms with van der Waals surface area (Å²) in [6, 6.07) is 6.04. The molecule has 180 valence electrons. The molecule has 0 saturated carbocycles. The van der Waals surface area contributed by atoms with Crippen LogP contribution in [0.25, 0.3) is 5.70 Å². The number of aliphatic imine (C=N–C) groups is 1. The molecule has 9 heteroatoms. The Morgan fingerprint density at radius 3 is 2.26 bits per heavy atom. The first-order valence-electron chi connectivity index (χ1n) is 11.3. The van der Waals surface area contributed by atoms with E-state index in [1.165, 1.54) is 30.3 Å². The summed E-state index contributed by atoms with van der Waals surface area (Å²) in [4.78, 5) is 8.07. The molecule has 1 N–H and O–H groups in total. The maximum absolute atomic E-state index is 14.3. The Kier molecular flexibility index (Phi) is 6.29. The zero-order valence-electron chi connectivity index (χ0n) is 19.4. The average molecular weight is 488 g/mol. The van der Waals surface area contributed by atoms with Gasteiger partial charge in [0.15, 0.2) is 29.1 Å². The number of hydrogen-bond acceptors (Lipinski definition) is 7. The number of halogens is 2. The van der Waals surface area contributed by atoms with Crippen molar-refractivity contribution in [2.45, 2.75) is 30.2 Å². The molecule has 1 atom stereocenters. The highest BCUT2D eigenvalue weighted by molar-refractivity contribution is 7.99. The molecular formula is C25H27F2N3O3S. The number of hydrogen-bond donors (Lipinski definition) is 1. The number of piperidine rings is 1. The molecule has 34 heavy (non-hydrogen) atoms. The lowest BCUT2D eigenvalue weighted by atomic mass is 9.93. The summed E-state index contributed by atoms with van der Waals surface area (Å²) in [5.74, 6) is 1.25. The van der Waals surface area contributed by atoms with Gasteiger partial charge in [0, 0.05) is 29.3 Å². The van der Waals surface area contributed by atoms with E-state index in [2.05, 4.69) is 10.2 Å². The zero-order chi connectivity index (χ0) is 23.8. The van der Waals surface area contributed by atoms with Crippen LogP contribution in [0.15, 0.2) is 39.7 Å². The van der Waals surface area contributed by atoms with Crippen molar-refractivity contribution >= 4 is 23.4 Å². The van der Waals surface area contributed by atoms with Crippen LogP contribution < -0.4 is 19.5 Å². The molecule has 2 aromatic rings. The lowest BCUT2D eigenvalue weighted by molar-refractivity contribution is 0.323. The molecule has 5 rings (SSSR count). The van der Waals surface area contributed by atoms with Crippen LogP contribution in [0, 0.1) is 11.6 Å². The first kappa shape index (κ1) is 22.8. The summed E-state index contributed by atoms with van der Waals surface area (Å²) < 4.78 is 44.9. The van der Waals surface area contributed by atoms with Gasteiger partial charge >= 0.3 is 0 Å². The van der Waals surface area contributed by atoms with E-state index in [1.807, 2.05) is 12.1 Å². The normalized spacial score (nSPS) is 19.6. The van der Waals surface area contributed by atoms with Crippen LogP contribution in [-0.2, 0) is 0 Å². The van der Waals surface area contributed by atoms with Gasteiger partial charge in [-0.25, -0.2) is 13.8 Å². The molecule has 1 saturated heterocycles. The Labute approximate surface area is 202 Å². The van der Waals surface area contributed by atoms with Crippen molar-refractivity contribution in [1.29, 1.82) is 0 Å². The molecule has 0 amide bonds. The molecule has 0 spiro atoms. The van der Waals surface area contributed by atoms with Gasteiger partial charge in [0.1, 0.15) is 6.04 Å². The SMILES string of the molecule is COc1cc(C2N=C(N3CCCCC3)NC3=C2CSc2cc(F)c(F)cc23)cc(OC)c1OC. The van der Waals surface area contributed by atoms with Gasteiger partial charge in [0.2, 0.25) is 5.75 Å². The summed E-state index contributed by atoms with van der Waals surface area (Å²) in [6.45, 7) is 1.80. The molecule has 3 aliphatic rings. The Hall–Kier alpha value is -2.94. The first-order valence-corrected chi connectivity index (χ1v) is 12.3. The molecule has 0 aromatic heterocycles. The van der Waals surface area contributed by atoms with Gasteiger partial charge in [-0.3, -0.25) is 0 Å². The van der Waals surface area contributed by atoms with Crippen LogP contribution in [0.3, 0.4) is 0 Å². The topological polar surface area (TPSA) is 55.3 Å². The molecule has 6 nitrogen and oxygen atoms in total. The minimum absolute atomic E-state index is 0.337. The van der Waals surface area contributed by atoms with Crippen molar-refractivity contribution in [2.75, 3.05) is 40.2 Å². The maximum Gasteiger partial charge on any atom is 0.203 e. The number of likely N-dealkylation sites (tertiary alicyclic amines) is 1. The van der Waals surface area contributed by atoms with E-state index in [9.17, 15) is 8.78 Å². The first-order chi connectivity index (χ1) is 16.5. The summed E-state index contributed by atoms with van der Waals surface area (Å²) in [5, 5.41) is 3.47. The minimum atomic E-state index is -0.860. The van der Waals surface area contributed by atoms with E-state index < -0.39 is 11.6 Å². The summed E-state index contributed by atoms with van der Waals surface area (Å²) >= 11 is 1.49. The lowest BCUT2D eigenvalue weighted by Crippen LogP contribution is -2.46. The van der Waals surface area contributed by atoms with Gasteiger partial charge in [-0.2, -0.15) is 0 Å². The van der Waals surface area contributed by atoms with Crippen LogP contribution in [0.2, 0.25) is 0 Å². The van der Waals surface area contributed by atoms with Crippen molar-refractivity contribution in [1.82, 2.24) is 10.2 Å². The van der Waals surface area contributed by atoms with E-state index in [0.29, 0.717) is 33.5 Å². The van der Waals surface area contributed by atoms with Crippen LogP contribution in [0.4, 0.5) is 8.78 Å². The third-order valence-electron chi connectivity index (χ3n) is 6.47. The van der Waals surface area contributed by atoms with E-state index in [-0.39, 0.29) is 6.04 Å². The monoisotopic (exact) mass is 487 g/mol. The van der Waals surface area contributed by atoms with E-state index in [1.54, 1.807) is 21.3 Å². The van der Waals surface area contributed by atoms with Crippen LogP contribution in [0.1, 0.15) is 36.4 Å². The molecule has 1 unspecified atom stereocenters. The molecule has 0 radical (unpaired) electrons. The Balaban J connectivity index is 1.67. The van der Waals surface area contributed by atoms with Crippen molar-refractivity contribution < 1.29 is 23.0 Å². The highest BCUT2D eigenvalue weighted by Gasteiger charge is 2.34. The van der Waals surface area contributed by atoms with Crippen molar-refractivity contribution in [3.05, 3.63) is 52.6 Å². The zero-order valence-corrected chi connectivity index (χ0v) is 20.2. The Bertz CT molecular complexity index is 1150. The highest BCUT2D eigenvalue weighted by Crippen LogP contribution is 2.47. The second-order valence-corrected chi connectivity index (χ2v) is 9.46. The third-order valence-corrected chi connectivity index (χ3v) is 7.58. The smallest absolute Gasteiger partial charge is 0.203 e. The molecule has 3 aliphatic heterocycles. The number of rotatable bonds is 4. The van der Waals surface area contributed by atoms with Crippen LogP contribution >= 0.6 is 11.8 Å². The lowest BCUT2D eigenvalue weighted by Gasteiger charge is -2.38. The highest BCUT2D eigenvalue weighted by atomic mass is 32.2. The van der Waals surface area contributed by atoms with Crippen LogP contribution in [-0.4, -0.2) is 51.0 Å². The van der Waals surface area contributed by atoms with Gasteiger partial charge in [0.05, 0.1) is 27.0 Å². The number of nitrogens with one attached hydrogen (secondary N) is 1. The number of methoxy groups -OCH3 is 3. The van der Waals surface area contributed by atoms with Gasteiger partial charge in [0.25, 0.3) is 0 Å². The van der Waals surface area contributed by atoms with E-state index in [4.69, 9.17) is 19.2 Å². The largest absolute Gasteiger partial charge is 0.493 e. The minimum Gasteiger partial charge on any atom is -0.493 e. The quantitative estimate of drug-likeness (QED) is 0.656. The average Bonchev–Trinajstić information content (AvgIpc) is 2.88. The van der Waals surface area contributed by atoms with Gasteiger partial charge in [-0.15, -0.1) is 11.8 Å². The third kappa shape index (κ3) is 3.96. The second kappa shape index (κ2) is 9.37. The number of guanidine groups is 1. The Morgan fingerprint density at radius 2 is 1.62 bits per heavy atom. The number of ether oxygens (including phenoxy) is 3. The number of fused-ring (bicyclic) bond motifs is 2. The maximum atomic E-state index is 14.3. The molecule has 0 aliphatic carbocycles. The summed E-state index contributed by atoms with van der Waals surface area (Å²) in [7, 11) is 4.74. The summed E-state index contributed by atoms with van der Waals surface area (Å²) in [6.07, 6.45) is 3.37. The van der Waals surface area contributed by atoms with Gasteiger partial charge < -0.3 is 24.4 Å².